The van der Waals surface area contributed by atoms with Crippen LogP contribution in [0, 0.1) is 5.41 Å². The molecule has 20 heavy (non-hydrogen) atoms. The van der Waals surface area contributed by atoms with Gasteiger partial charge in [-0.3, -0.25) is 10.00 Å². The fraction of sp³-hybridized carbons (Fsp3) is 0.800. The summed E-state index contributed by atoms with van der Waals surface area (Å²) in [6, 6.07) is 0.315. The predicted octanol–water partition coefficient (Wildman–Crippen LogP) is 2.69. The fourth-order valence-electron chi connectivity index (χ4n) is 2.94. The number of nitrogens with two attached hydrogens (primary N) is 1. The maximum atomic E-state index is 6.20. The third-order valence-corrected chi connectivity index (χ3v) is 4.25. The molecule has 1 atom stereocenters. The van der Waals surface area contributed by atoms with Crippen molar-refractivity contribution < 1.29 is 0 Å². The second-order valence-corrected chi connectivity index (χ2v) is 7.61. The van der Waals surface area contributed by atoms with Gasteiger partial charge in [0.25, 0.3) is 0 Å². The molecule has 1 aliphatic heterocycles. The zero-order chi connectivity index (χ0) is 14.3. The van der Waals surface area contributed by atoms with E-state index in [2.05, 4.69) is 49.7 Å². The Morgan fingerprint density at radius 3 is 2.65 bits per heavy atom. The first-order chi connectivity index (χ1) is 8.70. The van der Waals surface area contributed by atoms with Gasteiger partial charge < -0.3 is 5.73 Å². The minimum Gasteiger partial charge on any atom is -0.327 e. The van der Waals surface area contributed by atoms with E-state index in [-0.39, 0.29) is 23.2 Å². The summed E-state index contributed by atoms with van der Waals surface area (Å²) in [5, 5.41) is 7.39. The highest BCUT2D eigenvalue weighted by atomic mass is 35.5. The summed E-state index contributed by atoms with van der Waals surface area (Å²) < 4.78 is 0. The molecular weight excluding hydrogens is 272 g/mol. The van der Waals surface area contributed by atoms with Crippen molar-refractivity contribution in [1.29, 1.82) is 0 Å². The molecular formula is C15H29ClN4. The van der Waals surface area contributed by atoms with Crippen molar-refractivity contribution in [2.45, 2.75) is 59.0 Å². The molecule has 1 unspecified atom stereocenters. The van der Waals surface area contributed by atoms with E-state index < -0.39 is 0 Å². The molecule has 0 spiro atoms. The van der Waals surface area contributed by atoms with Gasteiger partial charge in [-0.1, -0.05) is 34.6 Å². The first-order valence-corrected chi connectivity index (χ1v) is 7.21. The van der Waals surface area contributed by atoms with E-state index in [0.717, 1.165) is 26.1 Å². The van der Waals surface area contributed by atoms with Crippen LogP contribution in [0.4, 0.5) is 0 Å². The average Bonchev–Trinajstić information content (AvgIpc) is 2.71. The van der Waals surface area contributed by atoms with E-state index in [1.807, 2.05) is 6.20 Å². The van der Waals surface area contributed by atoms with Crippen LogP contribution in [-0.4, -0.2) is 34.2 Å². The third-order valence-electron chi connectivity index (χ3n) is 4.25. The van der Waals surface area contributed by atoms with Gasteiger partial charge in [-0.05, 0) is 11.8 Å². The molecule has 0 aliphatic carbocycles. The zero-order valence-corrected chi connectivity index (χ0v) is 14.2. The maximum Gasteiger partial charge on any atom is 0.0535 e. The Morgan fingerprint density at radius 1 is 1.45 bits per heavy atom. The highest BCUT2D eigenvalue weighted by Crippen LogP contribution is 2.30. The number of likely N-dealkylation sites (tertiary alicyclic amines) is 1. The molecule has 0 bridgehead atoms. The first-order valence-electron chi connectivity index (χ1n) is 7.21. The molecule has 5 heteroatoms. The Bertz CT molecular complexity index is 433. The van der Waals surface area contributed by atoms with Gasteiger partial charge in [0.1, 0.15) is 0 Å². The monoisotopic (exact) mass is 300 g/mol. The van der Waals surface area contributed by atoms with Gasteiger partial charge in [-0.25, -0.2) is 0 Å². The van der Waals surface area contributed by atoms with Crippen LogP contribution in [-0.2, 0) is 12.0 Å². The van der Waals surface area contributed by atoms with Gasteiger partial charge in [0.05, 0.1) is 6.20 Å². The summed E-state index contributed by atoms with van der Waals surface area (Å²) in [5.41, 5.74) is 9.09. The lowest BCUT2D eigenvalue weighted by molar-refractivity contribution is 0.0895. The van der Waals surface area contributed by atoms with Gasteiger partial charge in [0.15, 0.2) is 0 Å². The summed E-state index contributed by atoms with van der Waals surface area (Å²) in [4.78, 5) is 2.50. The summed E-state index contributed by atoms with van der Waals surface area (Å²) in [7, 11) is 0. The van der Waals surface area contributed by atoms with Crippen LogP contribution in [0.15, 0.2) is 6.20 Å². The number of hydrogen-bond acceptors (Lipinski definition) is 3. The number of H-pyrrole nitrogens is 1. The average molecular weight is 301 g/mol. The van der Waals surface area contributed by atoms with Crippen LogP contribution >= 0.6 is 12.4 Å². The summed E-state index contributed by atoms with van der Waals surface area (Å²) in [5.74, 6) is 0. The molecule has 0 radical (unpaired) electrons. The van der Waals surface area contributed by atoms with Crippen molar-refractivity contribution in [3.8, 4) is 0 Å². The Morgan fingerprint density at radius 2 is 2.10 bits per heavy atom. The molecule has 0 amide bonds. The van der Waals surface area contributed by atoms with Crippen LogP contribution in [0.1, 0.15) is 52.3 Å². The molecule has 1 aromatic heterocycles. The van der Waals surface area contributed by atoms with Crippen molar-refractivity contribution in [1.82, 2.24) is 15.1 Å². The molecule has 2 heterocycles. The summed E-state index contributed by atoms with van der Waals surface area (Å²) in [6.45, 7) is 14.3. The number of nitrogens with zero attached hydrogens (tertiary/aromatic N) is 2. The second-order valence-electron chi connectivity index (χ2n) is 7.61. The lowest BCUT2D eigenvalue weighted by atomic mass is 9.79. The minimum absolute atomic E-state index is 0. The lowest BCUT2D eigenvalue weighted by Crippen LogP contribution is -2.52. The quantitative estimate of drug-likeness (QED) is 0.883. The highest BCUT2D eigenvalue weighted by molar-refractivity contribution is 5.85. The topological polar surface area (TPSA) is 57.9 Å². The highest BCUT2D eigenvalue weighted by Gasteiger charge is 2.34. The van der Waals surface area contributed by atoms with Crippen LogP contribution in [0.5, 0.6) is 0 Å². The van der Waals surface area contributed by atoms with Gasteiger partial charge in [-0.15, -0.1) is 12.4 Å². The molecule has 4 nitrogen and oxygen atoms in total. The Balaban J connectivity index is 0.00000200. The number of nitrogens with one attached hydrogen (secondary N) is 1. The molecule has 1 saturated heterocycles. The van der Waals surface area contributed by atoms with Crippen LogP contribution in [0.3, 0.4) is 0 Å². The number of piperidine rings is 1. The van der Waals surface area contributed by atoms with Gasteiger partial charge in [-0.2, -0.15) is 5.10 Å². The standard InChI is InChI=1S/C15H28N4.ClH/c1-14(2,3)13-11(8-17-18-13)9-19-7-6-12(16)15(4,5)10-19;/h8,12H,6-7,9-10,16H2,1-5H3,(H,17,18);1H. The molecule has 2 rings (SSSR count). The smallest absolute Gasteiger partial charge is 0.0535 e. The molecule has 3 N–H and O–H groups in total. The molecule has 1 aliphatic rings. The SMILES string of the molecule is CC(C)(C)c1[nH]ncc1CN1CCC(N)C(C)(C)C1.Cl. The lowest BCUT2D eigenvalue weighted by Gasteiger charge is -2.42. The molecule has 1 fully saturated rings. The van der Waals surface area contributed by atoms with Crippen molar-refractivity contribution in [3.63, 3.8) is 0 Å². The van der Waals surface area contributed by atoms with E-state index in [1.54, 1.807) is 0 Å². The van der Waals surface area contributed by atoms with E-state index in [4.69, 9.17) is 5.73 Å². The van der Waals surface area contributed by atoms with Gasteiger partial charge in [0.2, 0.25) is 0 Å². The van der Waals surface area contributed by atoms with Crippen molar-refractivity contribution in [2.75, 3.05) is 13.1 Å². The maximum absolute atomic E-state index is 6.20. The number of rotatable bonds is 2. The zero-order valence-electron chi connectivity index (χ0n) is 13.4. The molecule has 1 aromatic rings. The van der Waals surface area contributed by atoms with Crippen LogP contribution in [0.2, 0.25) is 0 Å². The van der Waals surface area contributed by atoms with Crippen molar-refractivity contribution in [2.24, 2.45) is 11.1 Å². The predicted molar refractivity (Wildman–Crippen MR) is 86.2 cm³/mol. The van der Waals surface area contributed by atoms with Gasteiger partial charge >= 0.3 is 0 Å². The minimum atomic E-state index is 0. The van der Waals surface area contributed by atoms with Crippen LogP contribution < -0.4 is 5.73 Å². The fourth-order valence-corrected chi connectivity index (χ4v) is 2.94. The van der Waals surface area contributed by atoms with E-state index in [1.165, 1.54) is 11.3 Å². The normalized spacial score (nSPS) is 23.4. The van der Waals surface area contributed by atoms with Gasteiger partial charge in [0, 0.05) is 42.3 Å². The Hall–Kier alpha value is -0.580. The summed E-state index contributed by atoms with van der Waals surface area (Å²) in [6.07, 6.45) is 3.05. The Kier molecular flexibility index (Phi) is 5.28. The number of aromatic amines is 1. The van der Waals surface area contributed by atoms with Crippen LogP contribution in [0.25, 0.3) is 0 Å². The largest absolute Gasteiger partial charge is 0.327 e. The van der Waals surface area contributed by atoms with E-state index in [0.29, 0.717) is 6.04 Å². The molecule has 0 saturated carbocycles. The third kappa shape index (κ3) is 3.74. The van der Waals surface area contributed by atoms with Crippen molar-refractivity contribution >= 4 is 12.4 Å². The number of hydrogen-bond donors (Lipinski definition) is 2. The van der Waals surface area contributed by atoms with E-state index in [9.17, 15) is 0 Å². The molecule has 0 aromatic carbocycles. The Labute approximate surface area is 128 Å². The van der Waals surface area contributed by atoms with Crippen molar-refractivity contribution in [3.05, 3.63) is 17.5 Å². The van der Waals surface area contributed by atoms with E-state index >= 15 is 0 Å². The number of halogens is 1. The first kappa shape index (κ1) is 17.5. The number of aromatic nitrogens is 2. The second kappa shape index (κ2) is 6.04. The summed E-state index contributed by atoms with van der Waals surface area (Å²) >= 11 is 0. The molecule has 116 valence electrons.